The molecule has 0 radical (unpaired) electrons. The van der Waals surface area contributed by atoms with Crippen molar-refractivity contribution < 1.29 is 19.4 Å². The standard InChI is InChI=1S/C17H23NO4S/c1-13-4-3-5-14(12-13)22-17(16(20)21)7-9-18(10-8-17)15(19)6-11-23-2/h3-5,12H,6-11H2,1-2H3,(H,20,21). The van der Waals surface area contributed by atoms with E-state index in [-0.39, 0.29) is 5.91 Å². The van der Waals surface area contributed by atoms with Crippen molar-refractivity contribution in [1.82, 2.24) is 4.90 Å². The minimum atomic E-state index is -1.25. The number of carbonyl (C=O) groups excluding carboxylic acids is 1. The molecule has 5 nitrogen and oxygen atoms in total. The van der Waals surface area contributed by atoms with E-state index in [4.69, 9.17) is 4.74 Å². The Labute approximate surface area is 141 Å². The van der Waals surface area contributed by atoms with Gasteiger partial charge in [-0.3, -0.25) is 4.79 Å². The molecule has 1 aromatic carbocycles. The number of carboxylic acid groups (broad SMARTS) is 1. The van der Waals surface area contributed by atoms with E-state index in [1.165, 1.54) is 0 Å². The molecule has 0 aromatic heterocycles. The third-order valence-corrected chi connectivity index (χ3v) is 4.75. The third kappa shape index (κ3) is 4.41. The lowest BCUT2D eigenvalue weighted by molar-refractivity contribution is -0.161. The summed E-state index contributed by atoms with van der Waals surface area (Å²) in [5.41, 5.74) is -0.225. The lowest BCUT2D eigenvalue weighted by Gasteiger charge is -2.39. The molecule has 0 unspecified atom stereocenters. The number of hydrogen-bond donors (Lipinski definition) is 1. The smallest absolute Gasteiger partial charge is 0.348 e. The Morgan fingerprint density at radius 1 is 1.35 bits per heavy atom. The van der Waals surface area contributed by atoms with Crippen molar-refractivity contribution in [3.05, 3.63) is 29.8 Å². The summed E-state index contributed by atoms with van der Waals surface area (Å²) in [7, 11) is 0. The highest BCUT2D eigenvalue weighted by molar-refractivity contribution is 7.98. The zero-order chi connectivity index (χ0) is 16.9. The Bertz CT molecular complexity index is 567. The summed E-state index contributed by atoms with van der Waals surface area (Å²) in [4.78, 5) is 25.6. The van der Waals surface area contributed by atoms with Gasteiger partial charge in [0.2, 0.25) is 11.5 Å². The van der Waals surface area contributed by atoms with Crippen molar-refractivity contribution in [2.75, 3.05) is 25.1 Å². The Balaban J connectivity index is 2.04. The van der Waals surface area contributed by atoms with Gasteiger partial charge in [0.15, 0.2) is 0 Å². The molecular weight excluding hydrogens is 314 g/mol. The molecule has 1 saturated heterocycles. The van der Waals surface area contributed by atoms with E-state index in [1.807, 2.05) is 31.4 Å². The molecule has 1 amide bonds. The maximum Gasteiger partial charge on any atom is 0.348 e. The molecular formula is C17H23NO4S. The van der Waals surface area contributed by atoms with Gasteiger partial charge in [-0.1, -0.05) is 12.1 Å². The molecule has 1 N–H and O–H groups in total. The second kappa shape index (κ2) is 7.73. The molecule has 23 heavy (non-hydrogen) atoms. The maximum absolute atomic E-state index is 12.1. The van der Waals surface area contributed by atoms with Crippen LogP contribution < -0.4 is 4.74 Å². The Morgan fingerprint density at radius 3 is 2.61 bits per heavy atom. The highest BCUT2D eigenvalue weighted by Crippen LogP contribution is 2.30. The Hall–Kier alpha value is -1.69. The SMILES string of the molecule is CSCCC(=O)N1CCC(Oc2cccc(C)c2)(C(=O)O)CC1. The van der Waals surface area contributed by atoms with Crippen LogP contribution >= 0.6 is 11.8 Å². The van der Waals surface area contributed by atoms with Gasteiger partial charge in [-0.15, -0.1) is 0 Å². The lowest BCUT2D eigenvalue weighted by Crippen LogP contribution is -2.54. The summed E-state index contributed by atoms with van der Waals surface area (Å²) in [5.74, 6) is 0.484. The normalized spacial score (nSPS) is 16.9. The summed E-state index contributed by atoms with van der Waals surface area (Å²) in [5, 5.41) is 9.65. The monoisotopic (exact) mass is 337 g/mol. The van der Waals surface area contributed by atoms with Crippen LogP contribution in [0.4, 0.5) is 0 Å². The number of thioether (sulfide) groups is 1. The number of benzene rings is 1. The molecule has 1 heterocycles. The number of aryl methyl sites for hydroxylation is 1. The second-order valence-corrected chi connectivity index (χ2v) is 6.83. The van der Waals surface area contributed by atoms with Crippen LogP contribution in [0.2, 0.25) is 0 Å². The minimum absolute atomic E-state index is 0.0916. The van der Waals surface area contributed by atoms with E-state index in [0.29, 0.717) is 38.1 Å². The quantitative estimate of drug-likeness (QED) is 0.864. The van der Waals surface area contributed by atoms with Gasteiger partial charge in [-0.05, 0) is 30.9 Å². The first-order valence-electron chi connectivity index (χ1n) is 7.73. The molecule has 0 bridgehead atoms. The number of piperidine rings is 1. The van der Waals surface area contributed by atoms with E-state index in [1.54, 1.807) is 22.7 Å². The maximum atomic E-state index is 12.1. The fourth-order valence-corrected chi connectivity index (χ4v) is 3.11. The molecule has 0 atom stereocenters. The van der Waals surface area contributed by atoms with Crippen molar-refractivity contribution in [2.45, 2.75) is 31.8 Å². The van der Waals surface area contributed by atoms with Gasteiger partial charge in [-0.2, -0.15) is 11.8 Å². The first-order chi connectivity index (χ1) is 11.0. The predicted molar refractivity (Wildman–Crippen MR) is 91.0 cm³/mol. The first-order valence-corrected chi connectivity index (χ1v) is 9.12. The van der Waals surface area contributed by atoms with Gasteiger partial charge in [0.25, 0.3) is 0 Å². The first kappa shape index (κ1) is 17.7. The molecule has 2 rings (SSSR count). The molecule has 1 aliphatic heterocycles. The summed E-state index contributed by atoms with van der Waals surface area (Å²) in [6.07, 6.45) is 3.08. The molecule has 0 spiro atoms. The van der Waals surface area contributed by atoms with E-state index in [2.05, 4.69) is 0 Å². The van der Waals surface area contributed by atoms with Crippen molar-refractivity contribution >= 4 is 23.6 Å². The third-order valence-electron chi connectivity index (χ3n) is 4.14. The van der Waals surface area contributed by atoms with E-state index in [0.717, 1.165) is 11.3 Å². The number of hydrogen-bond acceptors (Lipinski definition) is 4. The number of ether oxygens (including phenoxy) is 1. The van der Waals surface area contributed by atoms with Crippen molar-refractivity contribution in [1.29, 1.82) is 0 Å². The summed E-state index contributed by atoms with van der Waals surface area (Å²) < 4.78 is 5.85. The van der Waals surface area contributed by atoms with E-state index >= 15 is 0 Å². The lowest BCUT2D eigenvalue weighted by atomic mass is 9.91. The van der Waals surface area contributed by atoms with Gasteiger partial charge in [0, 0.05) is 38.1 Å². The largest absolute Gasteiger partial charge is 0.478 e. The molecule has 6 heteroatoms. The van der Waals surface area contributed by atoms with Gasteiger partial charge in [-0.25, -0.2) is 4.79 Å². The predicted octanol–water partition coefficient (Wildman–Crippen LogP) is 2.57. The van der Waals surface area contributed by atoms with Gasteiger partial charge >= 0.3 is 5.97 Å². The Kier molecular flexibility index (Phi) is 5.93. The molecule has 1 aliphatic rings. The Morgan fingerprint density at radius 2 is 2.04 bits per heavy atom. The minimum Gasteiger partial charge on any atom is -0.478 e. The fraction of sp³-hybridized carbons (Fsp3) is 0.529. The molecule has 1 fully saturated rings. The summed E-state index contributed by atoms with van der Waals surface area (Å²) in [6, 6.07) is 7.39. The van der Waals surface area contributed by atoms with Crippen LogP contribution in [0.15, 0.2) is 24.3 Å². The second-order valence-electron chi connectivity index (χ2n) is 5.84. The average molecular weight is 337 g/mol. The van der Waals surface area contributed by atoms with Gasteiger partial charge < -0.3 is 14.7 Å². The van der Waals surface area contributed by atoms with Crippen molar-refractivity contribution in [3.63, 3.8) is 0 Å². The van der Waals surface area contributed by atoms with Gasteiger partial charge in [0.1, 0.15) is 5.75 Å². The van der Waals surface area contributed by atoms with Crippen LogP contribution in [0.5, 0.6) is 5.75 Å². The van der Waals surface area contributed by atoms with Crippen molar-refractivity contribution in [2.24, 2.45) is 0 Å². The van der Waals surface area contributed by atoms with Crippen LogP contribution in [-0.2, 0) is 9.59 Å². The molecule has 1 aromatic rings. The van der Waals surface area contributed by atoms with Crippen LogP contribution in [0, 0.1) is 6.92 Å². The molecule has 0 aliphatic carbocycles. The summed E-state index contributed by atoms with van der Waals surface area (Å²) in [6.45, 7) is 2.78. The zero-order valence-electron chi connectivity index (χ0n) is 13.6. The number of nitrogens with zero attached hydrogens (tertiary/aromatic N) is 1. The fourth-order valence-electron chi connectivity index (χ4n) is 2.73. The molecule has 126 valence electrons. The van der Waals surface area contributed by atoms with Crippen LogP contribution in [0.1, 0.15) is 24.8 Å². The highest BCUT2D eigenvalue weighted by Gasteiger charge is 2.44. The van der Waals surface area contributed by atoms with Crippen LogP contribution in [0.3, 0.4) is 0 Å². The number of rotatable bonds is 6. The number of carbonyl (C=O) groups is 2. The van der Waals surface area contributed by atoms with E-state index in [9.17, 15) is 14.7 Å². The van der Waals surface area contributed by atoms with Crippen molar-refractivity contribution in [3.8, 4) is 5.75 Å². The average Bonchev–Trinajstić information content (AvgIpc) is 2.53. The highest BCUT2D eigenvalue weighted by atomic mass is 32.2. The number of amides is 1. The number of carboxylic acids is 1. The van der Waals surface area contributed by atoms with E-state index < -0.39 is 11.6 Å². The number of likely N-dealkylation sites (tertiary alicyclic amines) is 1. The van der Waals surface area contributed by atoms with Crippen LogP contribution in [0.25, 0.3) is 0 Å². The topological polar surface area (TPSA) is 66.8 Å². The van der Waals surface area contributed by atoms with Crippen LogP contribution in [-0.4, -0.2) is 52.6 Å². The number of aliphatic carboxylic acids is 1. The zero-order valence-corrected chi connectivity index (χ0v) is 14.4. The van der Waals surface area contributed by atoms with Gasteiger partial charge in [0.05, 0.1) is 0 Å². The molecule has 0 saturated carbocycles. The summed E-state index contributed by atoms with van der Waals surface area (Å²) >= 11 is 1.64.